The number of rotatable bonds is 8. The van der Waals surface area contributed by atoms with E-state index >= 15 is 0 Å². The molecule has 0 saturated heterocycles. The largest absolute Gasteiger partial charge is 0.322 e. The quantitative estimate of drug-likeness (QED) is 0.684. The van der Waals surface area contributed by atoms with Crippen LogP contribution in [0.5, 0.6) is 0 Å². The Labute approximate surface area is 160 Å². The molecular formula is C20H30N3O2S+. The fourth-order valence-electron chi connectivity index (χ4n) is 3.24. The highest BCUT2D eigenvalue weighted by Crippen LogP contribution is 2.24. The summed E-state index contributed by atoms with van der Waals surface area (Å²) in [4.78, 5) is 28.8. The molecule has 1 aliphatic carbocycles. The first-order valence-corrected chi connectivity index (χ1v) is 10.5. The number of carbonyl (C=O) groups is 2. The summed E-state index contributed by atoms with van der Waals surface area (Å²) in [6.07, 6.45) is 8.56. The fraction of sp³-hybridized carbons (Fsp3) is 0.500. The Kier molecular flexibility index (Phi) is 8.19. The van der Waals surface area contributed by atoms with Gasteiger partial charge < -0.3 is 15.1 Å². The number of anilines is 1. The molecule has 1 aromatic carbocycles. The summed E-state index contributed by atoms with van der Waals surface area (Å²) in [6.45, 7) is 3.29. The van der Waals surface area contributed by atoms with Gasteiger partial charge in [-0.3, -0.25) is 9.59 Å². The van der Waals surface area contributed by atoms with Crippen LogP contribution >= 0.6 is 11.8 Å². The van der Waals surface area contributed by atoms with Crippen molar-refractivity contribution in [2.75, 3.05) is 38.3 Å². The second kappa shape index (κ2) is 10.4. The molecule has 1 unspecified atom stereocenters. The molecule has 0 aliphatic heterocycles. The average molecular weight is 377 g/mol. The summed E-state index contributed by atoms with van der Waals surface area (Å²) in [5.74, 6) is 0.0206. The van der Waals surface area contributed by atoms with Crippen molar-refractivity contribution in [3.05, 3.63) is 36.0 Å². The summed E-state index contributed by atoms with van der Waals surface area (Å²) < 4.78 is 0. The lowest BCUT2D eigenvalue weighted by Crippen LogP contribution is -3.11. The third kappa shape index (κ3) is 5.88. The molecule has 0 fully saturated rings. The van der Waals surface area contributed by atoms with Crippen LogP contribution in [0.25, 0.3) is 0 Å². The highest BCUT2D eigenvalue weighted by molar-refractivity contribution is 7.98. The van der Waals surface area contributed by atoms with Crippen LogP contribution in [0, 0.1) is 0 Å². The van der Waals surface area contributed by atoms with Gasteiger partial charge in [-0.05, 0) is 51.0 Å². The molecule has 0 saturated carbocycles. The zero-order valence-corrected chi connectivity index (χ0v) is 16.8. The summed E-state index contributed by atoms with van der Waals surface area (Å²) in [7, 11) is 1.89. The van der Waals surface area contributed by atoms with Crippen LogP contribution in [-0.4, -0.2) is 49.7 Å². The molecule has 6 heteroatoms. The number of quaternary nitrogens is 1. The molecule has 1 atom stereocenters. The predicted octanol–water partition coefficient (Wildman–Crippen LogP) is 2.17. The van der Waals surface area contributed by atoms with Gasteiger partial charge in [0.2, 0.25) is 0 Å². The minimum atomic E-state index is -0.0725. The molecule has 1 aliphatic rings. The van der Waals surface area contributed by atoms with Crippen LogP contribution in [-0.2, 0) is 9.59 Å². The van der Waals surface area contributed by atoms with Crippen LogP contribution in [0.15, 0.2) is 40.9 Å². The molecule has 0 aromatic heterocycles. The topological polar surface area (TPSA) is 53.9 Å². The van der Waals surface area contributed by atoms with Gasteiger partial charge in [0.1, 0.15) is 0 Å². The van der Waals surface area contributed by atoms with Crippen molar-refractivity contribution in [1.29, 1.82) is 0 Å². The number of likely N-dealkylation sites (N-methyl/N-ethyl adjacent to an activating group) is 2. The van der Waals surface area contributed by atoms with Crippen molar-refractivity contribution >= 4 is 29.3 Å². The molecule has 142 valence electrons. The maximum atomic E-state index is 12.7. The summed E-state index contributed by atoms with van der Waals surface area (Å²) >= 11 is 1.60. The molecule has 0 radical (unpaired) electrons. The van der Waals surface area contributed by atoms with E-state index in [9.17, 15) is 9.59 Å². The zero-order valence-electron chi connectivity index (χ0n) is 16.0. The van der Waals surface area contributed by atoms with Crippen LogP contribution in [0.2, 0.25) is 0 Å². The number of hydrogen-bond acceptors (Lipinski definition) is 3. The van der Waals surface area contributed by atoms with Crippen LogP contribution in [0.3, 0.4) is 0 Å². The van der Waals surface area contributed by atoms with Gasteiger partial charge in [0, 0.05) is 17.1 Å². The van der Waals surface area contributed by atoms with E-state index in [2.05, 4.69) is 11.4 Å². The van der Waals surface area contributed by atoms with E-state index in [1.807, 2.05) is 49.4 Å². The second-order valence-electron chi connectivity index (χ2n) is 6.64. The predicted molar refractivity (Wildman–Crippen MR) is 107 cm³/mol. The fourth-order valence-corrected chi connectivity index (χ4v) is 3.79. The van der Waals surface area contributed by atoms with Gasteiger partial charge in [-0.1, -0.05) is 18.2 Å². The van der Waals surface area contributed by atoms with Crippen LogP contribution in [0.4, 0.5) is 5.69 Å². The van der Waals surface area contributed by atoms with Crippen LogP contribution < -0.4 is 10.2 Å². The lowest BCUT2D eigenvalue weighted by molar-refractivity contribution is -0.862. The monoisotopic (exact) mass is 376 g/mol. The number of nitrogens with one attached hydrogen (secondary N) is 2. The van der Waals surface area contributed by atoms with E-state index in [0.717, 1.165) is 40.4 Å². The molecule has 0 spiro atoms. The Bertz CT molecular complexity index is 660. The van der Waals surface area contributed by atoms with Crippen molar-refractivity contribution in [1.82, 2.24) is 4.90 Å². The first-order chi connectivity index (χ1) is 12.5. The Morgan fingerprint density at radius 1 is 1.23 bits per heavy atom. The van der Waals surface area contributed by atoms with E-state index in [4.69, 9.17) is 0 Å². The summed E-state index contributed by atoms with van der Waals surface area (Å²) in [5, 5.41) is 2.96. The van der Waals surface area contributed by atoms with Crippen molar-refractivity contribution in [2.24, 2.45) is 0 Å². The van der Waals surface area contributed by atoms with Gasteiger partial charge >= 0.3 is 0 Å². The number of amides is 2. The van der Waals surface area contributed by atoms with E-state index < -0.39 is 0 Å². The molecular weight excluding hydrogens is 346 g/mol. The Morgan fingerprint density at radius 3 is 2.65 bits per heavy atom. The smallest absolute Gasteiger partial charge is 0.281 e. The van der Waals surface area contributed by atoms with E-state index in [1.54, 1.807) is 11.8 Å². The third-order valence-corrected chi connectivity index (χ3v) is 5.32. The van der Waals surface area contributed by atoms with Gasteiger partial charge in [-0.15, -0.1) is 11.8 Å². The molecule has 2 N–H and O–H groups in total. The maximum absolute atomic E-state index is 12.7. The maximum Gasteiger partial charge on any atom is 0.281 e. The Balaban J connectivity index is 1.88. The molecule has 2 rings (SSSR count). The van der Waals surface area contributed by atoms with Gasteiger partial charge in [0.05, 0.1) is 12.7 Å². The third-order valence-electron chi connectivity index (χ3n) is 4.53. The SMILES string of the molecule is CCN(C(=O)C[NH+](C)CC(=O)Nc1ccccc1SC)C1=CCCCC1. The van der Waals surface area contributed by atoms with Crippen molar-refractivity contribution in [3.63, 3.8) is 0 Å². The molecule has 26 heavy (non-hydrogen) atoms. The van der Waals surface area contributed by atoms with Crippen molar-refractivity contribution in [2.45, 2.75) is 37.5 Å². The standard InChI is InChI=1S/C20H29N3O2S/c1-4-23(16-10-6-5-7-11-16)20(25)15-22(2)14-19(24)21-17-12-8-9-13-18(17)26-3/h8-10,12-13H,4-7,11,14-15H2,1-3H3,(H,21,24)/p+1. The lowest BCUT2D eigenvalue weighted by Gasteiger charge is -2.27. The molecule has 2 amide bonds. The van der Waals surface area contributed by atoms with Gasteiger partial charge in [0.15, 0.2) is 13.1 Å². The summed E-state index contributed by atoms with van der Waals surface area (Å²) in [5.41, 5.74) is 1.97. The molecule has 1 aromatic rings. The van der Waals surface area contributed by atoms with Crippen molar-refractivity contribution in [3.8, 4) is 0 Å². The van der Waals surface area contributed by atoms with E-state index in [1.165, 1.54) is 6.42 Å². The number of thioether (sulfide) groups is 1. The number of carbonyl (C=O) groups excluding carboxylic acids is 2. The van der Waals surface area contributed by atoms with Gasteiger partial charge in [0.25, 0.3) is 11.8 Å². The number of hydrogen-bond donors (Lipinski definition) is 2. The number of benzene rings is 1. The Morgan fingerprint density at radius 2 is 2.00 bits per heavy atom. The van der Waals surface area contributed by atoms with Crippen molar-refractivity contribution < 1.29 is 14.5 Å². The summed E-state index contributed by atoms with van der Waals surface area (Å²) in [6, 6.07) is 7.75. The number of allylic oxidation sites excluding steroid dienone is 2. The van der Waals surface area contributed by atoms with Gasteiger partial charge in [-0.25, -0.2) is 0 Å². The molecule has 0 heterocycles. The first kappa shape index (κ1) is 20.5. The number of para-hydroxylation sites is 1. The highest BCUT2D eigenvalue weighted by Gasteiger charge is 2.22. The highest BCUT2D eigenvalue weighted by atomic mass is 32.2. The van der Waals surface area contributed by atoms with E-state index in [-0.39, 0.29) is 18.4 Å². The minimum absolute atomic E-state index is 0.0725. The second-order valence-corrected chi connectivity index (χ2v) is 7.49. The molecule has 5 nitrogen and oxygen atoms in total. The van der Waals surface area contributed by atoms with Crippen LogP contribution in [0.1, 0.15) is 32.6 Å². The van der Waals surface area contributed by atoms with E-state index in [0.29, 0.717) is 13.1 Å². The van der Waals surface area contributed by atoms with Gasteiger partial charge in [-0.2, -0.15) is 0 Å². The first-order valence-electron chi connectivity index (χ1n) is 9.28. The lowest BCUT2D eigenvalue weighted by atomic mass is 10.0. The molecule has 0 bridgehead atoms. The normalized spacial score (nSPS) is 15.1. The zero-order chi connectivity index (χ0) is 18.9. The number of nitrogens with zero attached hydrogens (tertiary/aromatic N) is 1. The average Bonchev–Trinajstić information content (AvgIpc) is 2.63. The Hall–Kier alpha value is -1.79. The minimum Gasteiger partial charge on any atom is -0.322 e.